The molecule has 0 saturated heterocycles. The predicted octanol–water partition coefficient (Wildman–Crippen LogP) is 5.20. The molecule has 0 fully saturated rings. The van der Waals surface area contributed by atoms with Crippen molar-refractivity contribution in [3.8, 4) is 0 Å². The second kappa shape index (κ2) is 10.1. The second-order valence-corrected chi connectivity index (χ2v) is 9.35. The number of allylic oxidation sites excluding steroid dienone is 2. The van der Waals surface area contributed by atoms with Crippen LogP contribution in [0.1, 0.15) is 47.0 Å². The highest BCUT2D eigenvalue weighted by molar-refractivity contribution is 7.58. The van der Waals surface area contributed by atoms with Gasteiger partial charge in [-0.2, -0.15) is 0 Å². The molecule has 8 heteroatoms. The van der Waals surface area contributed by atoms with Crippen molar-refractivity contribution >= 4 is 15.2 Å². The summed E-state index contributed by atoms with van der Waals surface area (Å²) in [5.74, 6) is -0.170. The third-order valence-corrected chi connectivity index (χ3v) is 8.11. The maximum absolute atomic E-state index is 13.1. The molecule has 0 saturated carbocycles. The van der Waals surface area contributed by atoms with E-state index in [0.29, 0.717) is 31.7 Å². The van der Waals surface area contributed by atoms with Crippen molar-refractivity contribution in [1.82, 2.24) is 0 Å². The Bertz CT molecular complexity index is 457. The summed E-state index contributed by atoms with van der Waals surface area (Å²) in [6, 6.07) is 0. The quantitative estimate of drug-likeness (QED) is 0.467. The van der Waals surface area contributed by atoms with Crippen LogP contribution in [0.25, 0.3) is 0 Å². The molecule has 1 aliphatic carbocycles. The molecule has 0 aromatic rings. The molecule has 0 aliphatic heterocycles. The zero-order valence-corrected chi connectivity index (χ0v) is 16.4. The van der Waals surface area contributed by atoms with Crippen molar-refractivity contribution in [3.05, 3.63) is 11.4 Å². The molecule has 136 valence electrons. The highest BCUT2D eigenvalue weighted by Gasteiger charge is 2.40. The summed E-state index contributed by atoms with van der Waals surface area (Å²) in [4.78, 5) is 0. The van der Waals surface area contributed by atoms with Crippen LogP contribution in [0.4, 0.5) is 0 Å². The van der Waals surface area contributed by atoms with Crippen LogP contribution in [0.3, 0.4) is 0 Å². The summed E-state index contributed by atoms with van der Waals surface area (Å²) in [5.41, 5.74) is 0. The predicted molar refractivity (Wildman–Crippen MR) is 92.0 cm³/mol. The van der Waals surface area contributed by atoms with Crippen molar-refractivity contribution in [3.63, 3.8) is 0 Å². The van der Waals surface area contributed by atoms with Crippen molar-refractivity contribution in [2.45, 2.75) is 47.0 Å². The van der Waals surface area contributed by atoms with Crippen LogP contribution in [0.2, 0.25) is 0 Å². The van der Waals surface area contributed by atoms with E-state index >= 15 is 0 Å². The van der Waals surface area contributed by atoms with Gasteiger partial charge in [0.05, 0.1) is 32.6 Å². The van der Waals surface area contributed by atoms with E-state index < -0.39 is 15.2 Å². The molecule has 0 heterocycles. The minimum absolute atomic E-state index is 0.170. The lowest BCUT2D eigenvalue weighted by atomic mass is 9.97. The fraction of sp³-hybridized carbons (Fsp3) is 0.867. The molecular formula is C15H30O6P2. The molecule has 0 spiro atoms. The lowest BCUT2D eigenvalue weighted by Crippen LogP contribution is -2.17. The Hall–Kier alpha value is 0.0400. The van der Waals surface area contributed by atoms with Gasteiger partial charge in [-0.05, 0) is 47.0 Å². The standard InChI is InChI=1S/C15H30O6P2/c1-5-18-22(16,19-6-2)13-14-11-9-10-12-15(14)23(17,20-7-3)21-8-4/h12,14H,5-11,13H2,1-4H3. The normalized spacial score (nSPS) is 19.7. The SMILES string of the molecule is CCOP(=O)(CC1CCCC=C1P(=O)(OCC)OCC)OCC. The Morgan fingerprint density at radius 3 is 1.96 bits per heavy atom. The summed E-state index contributed by atoms with van der Waals surface area (Å²) in [5, 5.41) is 0.632. The highest BCUT2D eigenvalue weighted by Crippen LogP contribution is 2.63. The lowest BCUT2D eigenvalue weighted by Gasteiger charge is -2.31. The topological polar surface area (TPSA) is 71.1 Å². The monoisotopic (exact) mass is 368 g/mol. The third kappa shape index (κ3) is 6.12. The maximum Gasteiger partial charge on any atom is 0.357 e. The van der Waals surface area contributed by atoms with E-state index in [1.807, 2.05) is 6.08 Å². The van der Waals surface area contributed by atoms with Crippen LogP contribution < -0.4 is 0 Å². The van der Waals surface area contributed by atoms with E-state index in [9.17, 15) is 9.13 Å². The van der Waals surface area contributed by atoms with Gasteiger partial charge in [-0.1, -0.05) is 6.08 Å². The van der Waals surface area contributed by atoms with E-state index in [1.54, 1.807) is 27.7 Å². The molecule has 1 rings (SSSR count). The minimum atomic E-state index is -3.35. The van der Waals surface area contributed by atoms with Crippen molar-refractivity contribution in [2.24, 2.45) is 5.92 Å². The van der Waals surface area contributed by atoms with Crippen LogP contribution in [-0.2, 0) is 27.2 Å². The largest absolute Gasteiger partial charge is 0.357 e. The van der Waals surface area contributed by atoms with Gasteiger partial charge in [0.1, 0.15) is 0 Å². The first-order chi connectivity index (χ1) is 10.9. The second-order valence-electron chi connectivity index (χ2n) is 5.22. The van der Waals surface area contributed by atoms with Gasteiger partial charge >= 0.3 is 15.2 Å². The first kappa shape index (κ1) is 21.1. The Morgan fingerprint density at radius 2 is 1.48 bits per heavy atom. The third-order valence-electron chi connectivity index (χ3n) is 3.54. The van der Waals surface area contributed by atoms with E-state index in [4.69, 9.17) is 18.1 Å². The molecule has 6 nitrogen and oxygen atoms in total. The van der Waals surface area contributed by atoms with E-state index in [2.05, 4.69) is 0 Å². The van der Waals surface area contributed by atoms with Gasteiger partial charge in [0.2, 0.25) is 0 Å². The van der Waals surface area contributed by atoms with Crippen LogP contribution in [0.15, 0.2) is 11.4 Å². The molecule has 0 N–H and O–H groups in total. The average Bonchev–Trinajstić information content (AvgIpc) is 2.48. The van der Waals surface area contributed by atoms with Crippen molar-refractivity contribution in [2.75, 3.05) is 32.6 Å². The molecule has 0 aromatic heterocycles. The van der Waals surface area contributed by atoms with Crippen LogP contribution in [0, 0.1) is 5.92 Å². The Balaban J connectivity index is 3.03. The fourth-order valence-corrected chi connectivity index (χ4v) is 6.99. The number of hydrogen-bond donors (Lipinski definition) is 0. The minimum Gasteiger partial charge on any atom is -0.309 e. The van der Waals surface area contributed by atoms with E-state index in [0.717, 1.165) is 19.3 Å². The lowest BCUT2D eigenvalue weighted by molar-refractivity contribution is 0.213. The summed E-state index contributed by atoms with van der Waals surface area (Å²) in [6.45, 7) is 8.38. The smallest absolute Gasteiger partial charge is 0.309 e. The molecule has 1 aliphatic rings. The van der Waals surface area contributed by atoms with Gasteiger partial charge < -0.3 is 18.1 Å². The van der Waals surface area contributed by atoms with Crippen molar-refractivity contribution in [1.29, 1.82) is 0 Å². The molecule has 0 bridgehead atoms. The first-order valence-electron chi connectivity index (χ1n) is 8.42. The van der Waals surface area contributed by atoms with Crippen LogP contribution >= 0.6 is 15.2 Å². The summed E-state index contributed by atoms with van der Waals surface area (Å²) in [6.07, 6.45) is 4.68. The molecule has 0 aromatic carbocycles. The first-order valence-corrected chi connectivity index (χ1v) is 11.7. The van der Waals surface area contributed by atoms with Crippen LogP contribution in [-0.4, -0.2) is 32.6 Å². The summed E-state index contributed by atoms with van der Waals surface area (Å²) in [7, 11) is -6.55. The molecule has 0 amide bonds. The molecule has 0 radical (unpaired) electrons. The van der Waals surface area contributed by atoms with Gasteiger partial charge in [0.15, 0.2) is 0 Å². The maximum atomic E-state index is 13.1. The van der Waals surface area contributed by atoms with Gasteiger partial charge in [0.25, 0.3) is 0 Å². The van der Waals surface area contributed by atoms with Gasteiger partial charge in [-0.15, -0.1) is 0 Å². The highest BCUT2D eigenvalue weighted by atomic mass is 31.2. The zero-order valence-electron chi connectivity index (χ0n) is 14.7. The van der Waals surface area contributed by atoms with Gasteiger partial charge in [-0.25, -0.2) is 0 Å². The number of rotatable bonds is 11. The summed E-state index contributed by atoms with van der Waals surface area (Å²) >= 11 is 0. The zero-order chi connectivity index (χ0) is 17.3. The van der Waals surface area contributed by atoms with E-state index in [1.165, 1.54) is 0 Å². The molecule has 23 heavy (non-hydrogen) atoms. The van der Waals surface area contributed by atoms with E-state index in [-0.39, 0.29) is 12.1 Å². The molecule has 1 atom stereocenters. The Morgan fingerprint density at radius 1 is 0.957 bits per heavy atom. The van der Waals surface area contributed by atoms with Crippen LogP contribution in [0.5, 0.6) is 0 Å². The Labute approximate surface area is 140 Å². The molecular weight excluding hydrogens is 338 g/mol. The van der Waals surface area contributed by atoms with Crippen molar-refractivity contribution < 1.29 is 27.2 Å². The average molecular weight is 368 g/mol. The number of hydrogen-bond acceptors (Lipinski definition) is 6. The van der Waals surface area contributed by atoms with Gasteiger partial charge in [0, 0.05) is 11.2 Å². The Kier molecular flexibility index (Phi) is 9.28. The van der Waals surface area contributed by atoms with Gasteiger partial charge in [-0.3, -0.25) is 9.13 Å². The fourth-order valence-electron chi connectivity index (χ4n) is 2.78. The summed E-state index contributed by atoms with van der Waals surface area (Å²) < 4.78 is 47.6. The molecule has 1 unspecified atom stereocenters.